The maximum absolute atomic E-state index is 13.9. The van der Waals surface area contributed by atoms with E-state index >= 15 is 0 Å². The first-order valence-electron chi connectivity index (χ1n) is 5.87. The summed E-state index contributed by atoms with van der Waals surface area (Å²) in [4.78, 5) is 17.0. The Morgan fingerprint density at radius 1 is 1.14 bits per heavy atom. The topological polar surface area (TPSA) is 33.2 Å². The molecule has 0 unspecified atom stereocenters. The van der Waals surface area contributed by atoms with Crippen molar-refractivity contribution in [3.63, 3.8) is 0 Å². The number of carbonyl (C=O) groups excluding carboxylic acids is 1. The number of hydrogen-bond donors (Lipinski definition) is 0. The van der Waals surface area contributed by atoms with Gasteiger partial charge in [0.25, 0.3) is 5.91 Å². The van der Waals surface area contributed by atoms with Crippen molar-refractivity contribution in [2.45, 2.75) is 6.18 Å². The Morgan fingerprint density at radius 2 is 1.86 bits per heavy atom. The molecule has 0 fully saturated rings. The Hall–Kier alpha value is -2.44. The van der Waals surface area contributed by atoms with Crippen molar-refractivity contribution in [3.05, 3.63) is 59.5 Å². The zero-order valence-electron chi connectivity index (χ0n) is 10.9. The lowest BCUT2D eigenvalue weighted by atomic mass is 10.1. The quantitative estimate of drug-likeness (QED) is 0.795. The van der Waals surface area contributed by atoms with Crippen molar-refractivity contribution in [1.82, 2.24) is 4.98 Å². The van der Waals surface area contributed by atoms with Gasteiger partial charge in [-0.2, -0.15) is 13.2 Å². The number of rotatable bonds is 2. The number of pyridine rings is 1. The summed E-state index contributed by atoms with van der Waals surface area (Å²) < 4.78 is 51.8. The molecule has 2 aromatic rings. The molecular formula is C14H10F4N2O. The van der Waals surface area contributed by atoms with Crippen molar-refractivity contribution in [3.8, 4) is 0 Å². The van der Waals surface area contributed by atoms with Crippen LogP contribution in [0.2, 0.25) is 0 Å². The summed E-state index contributed by atoms with van der Waals surface area (Å²) in [6, 6.07) is 7.30. The van der Waals surface area contributed by atoms with Crippen LogP contribution in [0.1, 0.15) is 15.9 Å². The van der Waals surface area contributed by atoms with Gasteiger partial charge in [-0.05, 0) is 24.3 Å². The largest absolute Gasteiger partial charge is 0.419 e. The predicted octanol–water partition coefficient (Wildman–Crippen LogP) is 3.52. The van der Waals surface area contributed by atoms with Gasteiger partial charge in [0.05, 0.1) is 11.1 Å². The van der Waals surface area contributed by atoms with Gasteiger partial charge in [0, 0.05) is 13.2 Å². The molecular weight excluding hydrogens is 288 g/mol. The second kappa shape index (κ2) is 5.51. The van der Waals surface area contributed by atoms with Crippen LogP contribution in [0.5, 0.6) is 0 Å². The monoisotopic (exact) mass is 298 g/mol. The molecule has 0 radical (unpaired) electrons. The Balaban J connectivity index is 2.41. The first-order valence-corrected chi connectivity index (χ1v) is 5.87. The van der Waals surface area contributed by atoms with Crippen LogP contribution < -0.4 is 4.90 Å². The Kier molecular flexibility index (Phi) is 3.93. The van der Waals surface area contributed by atoms with Crippen LogP contribution >= 0.6 is 0 Å². The lowest BCUT2D eigenvalue weighted by Gasteiger charge is -2.17. The van der Waals surface area contributed by atoms with Gasteiger partial charge < -0.3 is 0 Å². The second-order valence-corrected chi connectivity index (χ2v) is 4.22. The van der Waals surface area contributed by atoms with Crippen LogP contribution in [0.25, 0.3) is 0 Å². The number of amides is 1. The molecule has 0 N–H and O–H groups in total. The maximum atomic E-state index is 13.9. The highest BCUT2D eigenvalue weighted by Gasteiger charge is 2.36. The third kappa shape index (κ3) is 3.01. The van der Waals surface area contributed by atoms with Crippen LogP contribution in [0.15, 0.2) is 42.6 Å². The van der Waals surface area contributed by atoms with E-state index in [1.807, 2.05) is 0 Å². The molecule has 0 spiro atoms. The average Bonchev–Trinajstić information content (AvgIpc) is 2.45. The molecule has 2 rings (SSSR count). The van der Waals surface area contributed by atoms with E-state index in [2.05, 4.69) is 4.98 Å². The number of hydrogen-bond acceptors (Lipinski definition) is 2. The fourth-order valence-electron chi connectivity index (χ4n) is 1.75. The number of alkyl halides is 3. The van der Waals surface area contributed by atoms with Crippen LogP contribution in [-0.4, -0.2) is 17.9 Å². The van der Waals surface area contributed by atoms with E-state index in [1.54, 1.807) is 12.1 Å². The van der Waals surface area contributed by atoms with Gasteiger partial charge in [-0.15, -0.1) is 0 Å². The summed E-state index contributed by atoms with van der Waals surface area (Å²) in [7, 11) is 1.31. The fraction of sp³-hybridized carbons (Fsp3) is 0.143. The minimum absolute atomic E-state index is 0.208. The normalized spacial score (nSPS) is 11.3. The van der Waals surface area contributed by atoms with Gasteiger partial charge in [0.15, 0.2) is 0 Å². The molecule has 0 aliphatic heterocycles. The Morgan fingerprint density at radius 3 is 2.43 bits per heavy atom. The highest BCUT2D eigenvalue weighted by Crippen LogP contribution is 2.32. The van der Waals surface area contributed by atoms with E-state index in [-0.39, 0.29) is 5.82 Å². The van der Waals surface area contributed by atoms with Gasteiger partial charge in [0.2, 0.25) is 0 Å². The smallest absolute Gasteiger partial charge is 0.296 e. The Bertz CT molecular complexity index is 656. The number of aromatic nitrogens is 1. The highest BCUT2D eigenvalue weighted by atomic mass is 19.4. The van der Waals surface area contributed by atoms with Crippen molar-refractivity contribution >= 4 is 11.7 Å². The number of halogens is 4. The summed E-state index contributed by atoms with van der Waals surface area (Å²) in [6.07, 6.45) is -3.44. The molecule has 7 heteroatoms. The number of carbonyl (C=O) groups is 1. The third-order valence-corrected chi connectivity index (χ3v) is 2.83. The van der Waals surface area contributed by atoms with Gasteiger partial charge in [-0.3, -0.25) is 9.69 Å². The molecule has 21 heavy (non-hydrogen) atoms. The van der Waals surface area contributed by atoms with Crippen LogP contribution in [0.3, 0.4) is 0 Å². The molecule has 1 heterocycles. The van der Waals surface area contributed by atoms with Crippen molar-refractivity contribution in [2.24, 2.45) is 0 Å². The predicted molar refractivity (Wildman–Crippen MR) is 68.4 cm³/mol. The van der Waals surface area contributed by atoms with Gasteiger partial charge >= 0.3 is 6.18 Å². The second-order valence-electron chi connectivity index (χ2n) is 4.22. The van der Waals surface area contributed by atoms with Crippen LogP contribution in [0, 0.1) is 5.82 Å². The highest BCUT2D eigenvalue weighted by molar-refractivity contribution is 6.05. The van der Waals surface area contributed by atoms with Gasteiger partial charge in [0.1, 0.15) is 11.6 Å². The molecule has 0 atom stereocenters. The van der Waals surface area contributed by atoms with Crippen molar-refractivity contribution < 1.29 is 22.4 Å². The molecule has 0 saturated heterocycles. The Labute approximate surface area is 117 Å². The molecule has 1 aromatic carbocycles. The minimum atomic E-state index is -4.86. The first-order chi connectivity index (χ1) is 9.82. The van der Waals surface area contributed by atoms with Gasteiger partial charge in [-0.1, -0.05) is 12.1 Å². The number of nitrogens with zero attached hydrogens (tertiary/aromatic N) is 2. The van der Waals surface area contributed by atoms with E-state index in [0.29, 0.717) is 6.07 Å². The molecule has 3 nitrogen and oxygen atoms in total. The standard InChI is InChI=1S/C14H10F4N2O/c1-20(11-7-2-3-8-19-11)13(21)9-5-4-6-10(12(9)15)14(16,17)18/h2-8H,1H3. The molecule has 0 aliphatic carbocycles. The third-order valence-electron chi connectivity index (χ3n) is 2.83. The average molecular weight is 298 g/mol. The fourth-order valence-corrected chi connectivity index (χ4v) is 1.75. The van der Waals surface area contributed by atoms with E-state index < -0.39 is 29.0 Å². The number of anilines is 1. The lowest BCUT2D eigenvalue weighted by Crippen LogP contribution is -2.28. The minimum Gasteiger partial charge on any atom is -0.296 e. The summed E-state index contributed by atoms with van der Waals surface area (Å²) >= 11 is 0. The van der Waals surface area contributed by atoms with E-state index in [0.717, 1.165) is 17.0 Å². The summed E-state index contributed by atoms with van der Waals surface area (Å²) in [5, 5.41) is 0. The molecule has 1 amide bonds. The van der Waals surface area contributed by atoms with Crippen LogP contribution in [0.4, 0.5) is 23.4 Å². The summed E-state index contributed by atoms with van der Waals surface area (Å²) in [6.45, 7) is 0. The molecule has 0 bridgehead atoms. The molecule has 0 aliphatic rings. The zero-order chi connectivity index (χ0) is 15.6. The van der Waals surface area contributed by atoms with Crippen LogP contribution in [-0.2, 0) is 6.18 Å². The first kappa shape index (κ1) is 15.0. The van der Waals surface area contributed by atoms with Crippen molar-refractivity contribution in [2.75, 3.05) is 11.9 Å². The summed E-state index contributed by atoms with van der Waals surface area (Å²) in [5.41, 5.74) is -2.12. The number of benzene rings is 1. The van der Waals surface area contributed by atoms with E-state index in [4.69, 9.17) is 0 Å². The van der Waals surface area contributed by atoms with E-state index in [9.17, 15) is 22.4 Å². The SMILES string of the molecule is CN(C(=O)c1cccc(C(F)(F)F)c1F)c1ccccn1. The van der Waals surface area contributed by atoms with E-state index in [1.165, 1.54) is 19.3 Å². The maximum Gasteiger partial charge on any atom is 0.419 e. The molecule has 0 saturated carbocycles. The molecule has 1 aromatic heterocycles. The molecule has 110 valence electrons. The zero-order valence-corrected chi connectivity index (χ0v) is 10.9. The van der Waals surface area contributed by atoms with Crippen molar-refractivity contribution in [1.29, 1.82) is 0 Å². The van der Waals surface area contributed by atoms with Gasteiger partial charge in [-0.25, -0.2) is 9.37 Å². The lowest BCUT2D eigenvalue weighted by molar-refractivity contribution is -0.140. The summed E-state index contributed by atoms with van der Waals surface area (Å²) in [5.74, 6) is -2.28.